The van der Waals surface area contributed by atoms with Gasteiger partial charge in [-0.15, -0.1) is 0 Å². The van der Waals surface area contributed by atoms with Crippen LogP contribution in [-0.4, -0.2) is 27.4 Å². The molecule has 1 aromatic carbocycles. The highest BCUT2D eigenvalue weighted by Crippen LogP contribution is 2.20. The summed E-state index contributed by atoms with van der Waals surface area (Å²) in [6.45, 7) is 4.99. The van der Waals surface area contributed by atoms with E-state index in [4.69, 9.17) is 0 Å². The fraction of sp³-hybridized carbons (Fsp3) is 0.467. The second-order valence-corrected chi connectivity index (χ2v) is 5.32. The van der Waals surface area contributed by atoms with Crippen LogP contribution in [0.4, 0.5) is 4.39 Å². The predicted molar refractivity (Wildman–Crippen MR) is 77.0 cm³/mol. The maximum atomic E-state index is 13.4. The summed E-state index contributed by atoms with van der Waals surface area (Å²) in [5, 5.41) is 7.50. The molecule has 5 heteroatoms. The molecule has 0 saturated heterocycles. The topological polar surface area (TPSA) is 42.7 Å². The van der Waals surface area contributed by atoms with Gasteiger partial charge in [0.1, 0.15) is 18.0 Å². The van der Waals surface area contributed by atoms with Crippen LogP contribution in [0.2, 0.25) is 0 Å². The molecule has 1 aromatic heterocycles. The molecule has 0 fully saturated rings. The van der Waals surface area contributed by atoms with Crippen molar-refractivity contribution in [2.45, 2.75) is 32.2 Å². The zero-order chi connectivity index (χ0) is 14.5. The van der Waals surface area contributed by atoms with E-state index in [9.17, 15) is 4.39 Å². The third-order valence-corrected chi connectivity index (χ3v) is 3.33. The summed E-state index contributed by atoms with van der Waals surface area (Å²) in [5.41, 5.74) is 0.987. The summed E-state index contributed by atoms with van der Waals surface area (Å²) < 4.78 is 15.2. The molecule has 20 heavy (non-hydrogen) atoms. The molecule has 0 bridgehead atoms. The van der Waals surface area contributed by atoms with E-state index in [1.54, 1.807) is 23.1 Å². The highest BCUT2D eigenvalue weighted by atomic mass is 19.1. The zero-order valence-electron chi connectivity index (χ0n) is 12.2. The Kier molecular flexibility index (Phi) is 4.84. The number of hydrogen-bond donors (Lipinski definition) is 1. The molecule has 1 atom stereocenters. The van der Waals surface area contributed by atoms with Gasteiger partial charge in [0.15, 0.2) is 0 Å². The lowest BCUT2D eigenvalue weighted by atomic mass is 9.95. The van der Waals surface area contributed by atoms with Gasteiger partial charge in [-0.25, -0.2) is 9.37 Å². The normalized spacial score (nSPS) is 12.8. The first kappa shape index (κ1) is 14.7. The number of halogens is 1. The van der Waals surface area contributed by atoms with E-state index in [0.717, 1.165) is 24.4 Å². The van der Waals surface area contributed by atoms with Crippen LogP contribution in [0.3, 0.4) is 0 Å². The van der Waals surface area contributed by atoms with Crippen molar-refractivity contribution in [3.8, 4) is 0 Å². The van der Waals surface area contributed by atoms with Crippen molar-refractivity contribution in [1.82, 2.24) is 20.1 Å². The van der Waals surface area contributed by atoms with Gasteiger partial charge in [0.05, 0.1) is 0 Å². The lowest BCUT2D eigenvalue weighted by molar-refractivity contribution is 0.510. The van der Waals surface area contributed by atoms with E-state index in [1.165, 1.54) is 6.07 Å². The Balaban J connectivity index is 2.18. The fourth-order valence-electron chi connectivity index (χ4n) is 2.17. The first-order valence-corrected chi connectivity index (χ1v) is 6.88. The number of nitrogens with one attached hydrogen (secondary N) is 1. The number of aromatic nitrogens is 3. The summed E-state index contributed by atoms with van der Waals surface area (Å²) in [7, 11) is 1.88. The maximum absolute atomic E-state index is 13.4. The molecule has 1 heterocycles. The Morgan fingerprint density at radius 3 is 2.75 bits per heavy atom. The number of hydrogen-bond acceptors (Lipinski definition) is 3. The van der Waals surface area contributed by atoms with Crippen LogP contribution in [0.1, 0.15) is 31.2 Å². The van der Waals surface area contributed by atoms with Crippen LogP contribution >= 0.6 is 0 Å². The van der Waals surface area contributed by atoms with Crippen molar-refractivity contribution in [3.63, 3.8) is 0 Å². The number of aryl methyl sites for hydroxylation is 1. The van der Waals surface area contributed by atoms with Crippen molar-refractivity contribution in [2.75, 3.05) is 6.54 Å². The van der Waals surface area contributed by atoms with Crippen LogP contribution in [0.5, 0.6) is 0 Å². The van der Waals surface area contributed by atoms with E-state index in [2.05, 4.69) is 29.2 Å². The quantitative estimate of drug-likeness (QED) is 0.880. The van der Waals surface area contributed by atoms with E-state index in [1.807, 2.05) is 13.1 Å². The lowest BCUT2D eigenvalue weighted by Gasteiger charge is -2.19. The van der Waals surface area contributed by atoms with Crippen molar-refractivity contribution in [2.24, 2.45) is 7.05 Å². The van der Waals surface area contributed by atoms with E-state index < -0.39 is 0 Å². The molecule has 0 radical (unpaired) electrons. The summed E-state index contributed by atoms with van der Waals surface area (Å²) in [6.07, 6.45) is 2.29. The van der Waals surface area contributed by atoms with E-state index in [-0.39, 0.29) is 11.7 Å². The Morgan fingerprint density at radius 2 is 2.15 bits per heavy atom. The Hall–Kier alpha value is -1.75. The Labute approximate surface area is 119 Å². The Morgan fingerprint density at radius 1 is 1.35 bits per heavy atom. The summed E-state index contributed by atoms with van der Waals surface area (Å²) >= 11 is 0. The molecule has 0 saturated carbocycles. The molecule has 0 aliphatic carbocycles. The molecular weight excluding hydrogens is 255 g/mol. The average molecular weight is 276 g/mol. The van der Waals surface area contributed by atoms with Gasteiger partial charge in [-0.2, -0.15) is 5.10 Å². The highest BCUT2D eigenvalue weighted by molar-refractivity contribution is 5.22. The minimum Gasteiger partial charge on any atom is -0.314 e. The molecule has 2 aromatic rings. The number of rotatable bonds is 6. The third kappa shape index (κ3) is 3.87. The van der Waals surface area contributed by atoms with Gasteiger partial charge in [0.2, 0.25) is 0 Å². The first-order chi connectivity index (χ1) is 9.56. The van der Waals surface area contributed by atoms with Crippen molar-refractivity contribution in [3.05, 3.63) is 47.8 Å². The average Bonchev–Trinajstić information content (AvgIpc) is 2.79. The summed E-state index contributed by atoms with van der Waals surface area (Å²) in [6, 6.07) is 7.18. The van der Waals surface area contributed by atoms with Gasteiger partial charge in [-0.05, 0) is 17.7 Å². The van der Waals surface area contributed by atoms with Gasteiger partial charge >= 0.3 is 0 Å². The molecule has 0 amide bonds. The molecule has 4 nitrogen and oxygen atoms in total. The van der Waals surface area contributed by atoms with Gasteiger partial charge < -0.3 is 5.32 Å². The molecule has 1 N–H and O–H groups in total. The molecule has 108 valence electrons. The molecule has 0 aliphatic heterocycles. The predicted octanol–water partition coefficient (Wildman–Crippen LogP) is 2.28. The van der Waals surface area contributed by atoms with Gasteiger partial charge in [0.25, 0.3) is 0 Å². The smallest absolute Gasteiger partial charge is 0.138 e. The van der Waals surface area contributed by atoms with E-state index in [0.29, 0.717) is 6.04 Å². The van der Waals surface area contributed by atoms with Gasteiger partial charge in [0, 0.05) is 32.0 Å². The van der Waals surface area contributed by atoms with Crippen LogP contribution in [0.25, 0.3) is 0 Å². The SMILES string of the molecule is CC(C)NCC(Cc1ncnn1C)c1cccc(F)c1. The third-order valence-electron chi connectivity index (χ3n) is 3.33. The molecule has 0 aliphatic rings. The fourth-order valence-corrected chi connectivity index (χ4v) is 2.17. The number of benzene rings is 1. The largest absolute Gasteiger partial charge is 0.314 e. The monoisotopic (exact) mass is 276 g/mol. The van der Waals surface area contributed by atoms with E-state index >= 15 is 0 Å². The lowest BCUT2D eigenvalue weighted by Crippen LogP contribution is -2.29. The van der Waals surface area contributed by atoms with Crippen molar-refractivity contribution < 1.29 is 4.39 Å². The van der Waals surface area contributed by atoms with Crippen molar-refractivity contribution >= 4 is 0 Å². The second kappa shape index (κ2) is 6.61. The summed E-state index contributed by atoms with van der Waals surface area (Å²) in [4.78, 5) is 4.26. The molecular formula is C15H21FN4. The first-order valence-electron chi connectivity index (χ1n) is 6.88. The van der Waals surface area contributed by atoms with Crippen LogP contribution < -0.4 is 5.32 Å². The van der Waals surface area contributed by atoms with Gasteiger partial charge in [-0.3, -0.25) is 4.68 Å². The molecule has 2 rings (SSSR count). The van der Waals surface area contributed by atoms with Crippen LogP contribution in [0.15, 0.2) is 30.6 Å². The molecule has 0 spiro atoms. The summed E-state index contributed by atoms with van der Waals surface area (Å²) in [5.74, 6) is 0.885. The minimum atomic E-state index is -0.199. The van der Waals surface area contributed by atoms with Crippen LogP contribution in [0, 0.1) is 5.82 Å². The molecule has 1 unspecified atom stereocenters. The highest BCUT2D eigenvalue weighted by Gasteiger charge is 2.16. The standard InChI is InChI=1S/C15H21FN4/c1-11(2)17-9-13(8-15-18-10-19-20(15)3)12-5-4-6-14(16)7-12/h4-7,10-11,13,17H,8-9H2,1-3H3. The van der Waals surface area contributed by atoms with Crippen molar-refractivity contribution in [1.29, 1.82) is 0 Å². The number of nitrogens with zero attached hydrogens (tertiary/aromatic N) is 3. The van der Waals surface area contributed by atoms with Gasteiger partial charge in [-0.1, -0.05) is 26.0 Å². The zero-order valence-corrected chi connectivity index (χ0v) is 12.2. The van der Waals surface area contributed by atoms with Crippen LogP contribution in [-0.2, 0) is 13.5 Å². The maximum Gasteiger partial charge on any atom is 0.138 e. The minimum absolute atomic E-state index is 0.177. The second-order valence-electron chi connectivity index (χ2n) is 5.32. The Bertz CT molecular complexity index is 550.